The fourth-order valence-electron chi connectivity index (χ4n) is 1.60. The van der Waals surface area contributed by atoms with Crippen LogP contribution in [0.5, 0.6) is 0 Å². The van der Waals surface area contributed by atoms with Gasteiger partial charge in [0.05, 0.1) is 11.9 Å². The van der Waals surface area contributed by atoms with E-state index in [-0.39, 0.29) is 11.4 Å². The van der Waals surface area contributed by atoms with E-state index in [9.17, 15) is 4.79 Å². The Hall–Kier alpha value is -2.27. The first-order chi connectivity index (χ1) is 8.97. The Labute approximate surface area is 115 Å². The van der Waals surface area contributed by atoms with Gasteiger partial charge in [0.25, 0.3) is 0 Å². The van der Waals surface area contributed by atoms with Crippen LogP contribution >= 0.6 is 11.6 Å². The molecule has 0 amide bonds. The molecule has 1 heterocycles. The minimum absolute atomic E-state index is 0.0133. The number of aromatic nitrogens is 1. The van der Waals surface area contributed by atoms with Crippen LogP contribution in [0, 0.1) is 6.92 Å². The molecule has 0 saturated carbocycles. The van der Waals surface area contributed by atoms with Gasteiger partial charge in [-0.2, -0.15) is 0 Å². The van der Waals surface area contributed by atoms with Crippen LogP contribution in [-0.2, 0) is 0 Å². The Morgan fingerprint density at radius 3 is 2.84 bits per heavy atom. The second kappa shape index (κ2) is 5.16. The molecule has 0 saturated heterocycles. The summed E-state index contributed by atoms with van der Waals surface area (Å²) in [4.78, 5) is 15.2. The molecule has 0 aliphatic rings. The summed E-state index contributed by atoms with van der Waals surface area (Å²) in [5, 5.41) is 12.6. The van der Waals surface area contributed by atoms with Gasteiger partial charge in [0.2, 0.25) is 0 Å². The number of aromatic carboxylic acids is 1. The molecule has 98 valence electrons. The number of hydrogen-bond acceptors (Lipinski definition) is 4. The van der Waals surface area contributed by atoms with E-state index in [1.165, 1.54) is 12.3 Å². The smallest absolute Gasteiger partial charge is 0.339 e. The van der Waals surface area contributed by atoms with Crippen LogP contribution in [0.4, 0.5) is 17.2 Å². The van der Waals surface area contributed by atoms with Crippen molar-refractivity contribution >= 4 is 34.8 Å². The number of rotatable bonds is 3. The van der Waals surface area contributed by atoms with E-state index in [2.05, 4.69) is 10.3 Å². The Kier molecular flexibility index (Phi) is 3.57. The fourth-order valence-corrected chi connectivity index (χ4v) is 1.77. The normalized spacial score (nSPS) is 10.2. The van der Waals surface area contributed by atoms with Gasteiger partial charge in [0, 0.05) is 10.7 Å². The quantitative estimate of drug-likeness (QED) is 0.802. The molecule has 1 aromatic heterocycles. The lowest BCUT2D eigenvalue weighted by atomic mass is 10.2. The topological polar surface area (TPSA) is 88.2 Å². The number of benzene rings is 1. The molecule has 2 rings (SSSR count). The second-order valence-corrected chi connectivity index (χ2v) is 4.49. The molecule has 0 fully saturated rings. The molecule has 0 bridgehead atoms. The lowest BCUT2D eigenvalue weighted by Gasteiger charge is -2.11. The van der Waals surface area contributed by atoms with Gasteiger partial charge in [-0.3, -0.25) is 0 Å². The molecule has 5 nitrogen and oxygen atoms in total. The highest BCUT2D eigenvalue weighted by Gasteiger charge is 2.13. The molecular formula is C13H12ClN3O2. The van der Waals surface area contributed by atoms with Crippen molar-refractivity contribution in [2.45, 2.75) is 6.92 Å². The van der Waals surface area contributed by atoms with E-state index in [0.717, 1.165) is 5.56 Å². The van der Waals surface area contributed by atoms with Crippen molar-refractivity contribution in [2.24, 2.45) is 0 Å². The van der Waals surface area contributed by atoms with E-state index in [1.54, 1.807) is 12.1 Å². The molecule has 0 aliphatic carbocycles. The number of nitrogen functional groups attached to an aromatic ring is 1. The third-order valence-electron chi connectivity index (χ3n) is 2.59. The van der Waals surface area contributed by atoms with Gasteiger partial charge in [-0.15, -0.1) is 0 Å². The van der Waals surface area contributed by atoms with Gasteiger partial charge >= 0.3 is 5.97 Å². The number of hydrogen-bond donors (Lipinski definition) is 3. The van der Waals surface area contributed by atoms with Crippen LogP contribution in [0.3, 0.4) is 0 Å². The maximum absolute atomic E-state index is 11.2. The lowest BCUT2D eigenvalue weighted by molar-refractivity contribution is 0.0697. The van der Waals surface area contributed by atoms with Gasteiger partial charge in [0.15, 0.2) is 0 Å². The summed E-state index contributed by atoms with van der Waals surface area (Å²) in [6.45, 7) is 1.89. The van der Waals surface area contributed by atoms with Crippen LogP contribution in [-0.4, -0.2) is 16.1 Å². The van der Waals surface area contributed by atoms with Crippen molar-refractivity contribution in [3.05, 3.63) is 46.6 Å². The third kappa shape index (κ3) is 2.95. The monoisotopic (exact) mass is 277 g/mol. The van der Waals surface area contributed by atoms with Gasteiger partial charge < -0.3 is 16.2 Å². The number of nitrogens with two attached hydrogens (primary N) is 1. The summed E-state index contributed by atoms with van der Waals surface area (Å²) in [5.74, 6) is -0.867. The third-order valence-corrected chi connectivity index (χ3v) is 2.83. The average molecular weight is 278 g/mol. The zero-order chi connectivity index (χ0) is 14.0. The summed E-state index contributed by atoms with van der Waals surface area (Å²) >= 11 is 5.91. The first kappa shape index (κ1) is 13.2. The van der Waals surface area contributed by atoms with Crippen LogP contribution in [0.2, 0.25) is 5.02 Å². The predicted molar refractivity (Wildman–Crippen MR) is 75.1 cm³/mol. The second-order valence-electron chi connectivity index (χ2n) is 4.05. The molecule has 0 unspecified atom stereocenters. The summed E-state index contributed by atoms with van der Waals surface area (Å²) in [7, 11) is 0. The highest BCUT2D eigenvalue weighted by molar-refractivity contribution is 6.30. The van der Waals surface area contributed by atoms with Crippen LogP contribution in [0.1, 0.15) is 15.9 Å². The highest BCUT2D eigenvalue weighted by Crippen LogP contribution is 2.25. The standard InChI is InChI=1S/C13H12ClN3O2/c1-7-2-3-8(14)4-11(7)17-12-10(13(18)19)5-9(15)6-16-12/h2-6H,15H2,1H3,(H,16,17)(H,18,19). The van der Waals surface area contributed by atoms with Crippen molar-refractivity contribution in [3.63, 3.8) is 0 Å². The molecular weight excluding hydrogens is 266 g/mol. The summed E-state index contributed by atoms with van der Waals surface area (Å²) < 4.78 is 0. The Bertz CT molecular complexity index is 644. The zero-order valence-electron chi connectivity index (χ0n) is 10.1. The highest BCUT2D eigenvalue weighted by atomic mass is 35.5. The fraction of sp³-hybridized carbons (Fsp3) is 0.0769. The van der Waals surface area contributed by atoms with E-state index in [1.807, 2.05) is 13.0 Å². The average Bonchev–Trinajstić information content (AvgIpc) is 2.35. The van der Waals surface area contributed by atoms with Crippen molar-refractivity contribution in [3.8, 4) is 0 Å². The van der Waals surface area contributed by atoms with Crippen molar-refractivity contribution in [1.29, 1.82) is 0 Å². The van der Waals surface area contributed by atoms with Gasteiger partial charge in [0.1, 0.15) is 11.4 Å². The van der Waals surface area contributed by atoms with Crippen LogP contribution in [0.15, 0.2) is 30.5 Å². The molecule has 0 aliphatic heterocycles. The molecule has 0 atom stereocenters. The Morgan fingerprint density at radius 2 is 2.16 bits per heavy atom. The molecule has 0 radical (unpaired) electrons. The molecule has 6 heteroatoms. The van der Waals surface area contributed by atoms with Crippen LogP contribution < -0.4 is 11.1 Å². The minimum atomic E-state index is -1.10. The minimum Gasteiger partial charge on any atom is -0.478 e. The molecule has 0 spiro atoms. The molecule has 1 aromatic carbocycles. The van der Waals surface area contributed by atoms with Crippen molar-refractivity contribution < 1.29 is 9.90 Å². The number of carboxylic acid groups (broad SMARTS) is 1. The number of nitrogens with one attached hydrogen (secondary N) is 1. The van der Waals surface area contributed by atoms with E-state index in [0.29, 0.717) is 16.4 Å². The van der Waals surface area contributed by atoms with Crippen molar-refractivity contribution in [2.75, 3.05) is 11.1 Å². The number of carbonyl (C=O) groups is 1. The molecule has 19 heavy (non-hydrogen) atoms. The van der Waals surface area contributed by atoms with E-state index in [4.69, 9.17) is 22.4 Å². The van der Waals surface area contributed by atoms with Gasteiger partial charge in [-0.1, -0.05) is 17.7 Å². The van der Waals surface area contributed by atoms with Crippen molar-refractivity contribution in [1.82, 2.24) is 4.98 Å². The Morgan fingerprint density at radius 1 is 1.42 bits per heavy atom. The number of aryl methyl sites for hydroxylation is 1. The maximum Gasteiger partial charge on any atom is 0.339 e. The summed E-state index contributed by atoms with van der Waals surface area (Å²) in [6, 6.07) is 6.66. The number of pyridine rings is 1. The Balaban J connectivity index is 2.43. The number of anilines is 3. The van der Waals surface area contributed by atoms with E-state index >= 15 is 0 Å². The van der Waals surface area contributed by atoms with Gasteiger partial charge in [-0.05, 0) is 30.7 Å². The zero-order valence-corrected chi connectivity index (χ0v) is 10.9. The first-order valence-electron chi connectivity index (χ1n) is 5.49. The number of nitrogens with zero attached hydrogens (tertiary/aromatic N) is 1. The van der Waals surface area contributed by atoms with Crippen LogP contribution in [0.25, 0.3) is 0 Å². The maximum atomic E-state index is 11.2. The molecule has 4 N–H and O–H groups in total. The van der Waals surface area contributed by atoms with Gasteiger partial charge in [-0.25, -0.2) is 9.78 Å². The largest absolute Gasteiger partial charge is 0.478 e. The lowest BCUT2D eigenvalue weighted by Crippen LogP contribution is -2.06. The molecule has 2 aromatic rings. The summed E-state index contributed by atoms with van der Waals surface area (Å²) in [6.07, 6.45) is 1.40. The van der Waals surface area contributed by atoms with E-state index < -0.39 is 5.97 Å². The first-order valence-corrected chi connectivity index (χ1v) is 5.87. The number of halogens is 1. The SMILES string of the molecule is Cc1ccc(Cl)cc1Nc1ncc(N)cc1C(=O)O. The summed E-state index contributed by atoms with van der Waals surface area (Å²) in [5.41, 5.74) is 7.48. The number of carboxylic acids is 1. The predicted octanol–water partition coefficient (Wildman–Crippen LogP) is 3.07.